The Labute approximate surface area is 129 Å². The van der Waals surface area contributed by atoms with E-state index in [0.717, 1.165) is 8.24 Å². The molecule has 0 radical (unpaired) electrons. The van der Waals surface area contributed by atoms with Gasteiger partial charge < -0.3 is 9.47 Å². The number of rotatable bonds is 3. The van der Waals surface area contributed by atoms with Crippen LogP contribution in [0, 0.1) is 0 Å². The minimum atomic E-state index is -0.382. The molecule has 0 unspecified atom stereocenters. The third-order valence-corrected chi connectivity index (χ3v) is 5.30. The molecule has 0 N–H and O–H groups in total. The molecular weight excluding hydrogens is 502 g/mol. The summed E-state index contributed by atoms with van der Waals surface area (Å²) in [5, 5.41) is 0. The minimum Gasteiger partial charge on any atom is -0.497 e. The summed E-state index contributed by atoms with van der Waals surface area (Å²) in [6, 6.07) is 6.83. The lowest BCUT2D eigenvalue weighted by Crippen LogP contribution is -2.07. The number of carbonyl (C=O) groups is 1. The fourth-order valence-corrected chi connectivity index (χ4v) is 1.36. The lowest BCUT2D eigenvalue weighted by Gasteiger charge is -2.04. The van der Waals surface area contributed by atoms with Crippen LogP contribution in [0.3, 0.4) is 0 Å². The van der Waals surface area contributed by atoms with Gasteiger partial charge in [0.15, 0.2) is 0 Å². The van der Waals surface area contributed by atoms with Gasteiger partial charge in [-0.05, 0) is 85.4 Å². The van der Waals surface area contributed by atoms with E-state index in [2.05, 4.69) is 15.9 Å². The van der Waals surface area contributed by atoms with Crippen molar-refractivity contribution in [1.82, 2.24) is 0 Å². The lowest BCUT2D eigenvalue weighted by atomic mass is 10.3. The second-order valence-corrected chi connectivity index (χ2v) is 7.07. The SMILES string of the molecule is COc1ccc(OC(=O)/C(I)=C(/Br)I)cc1. The third-order valence-electron chi connectivity index (χ3n) is 1.62. The van der Waals surface area contributed by atoms with E-state index in [-0.39, 0.29) is 5.97 Å². The zero-order valence-electron chi connectivity index (χ0n) is 8.17. The Hall–Kier alpha value is 0.170. The molecule has 0 aliphatic rings. The molecule has 0 saturated carbocycles. The molecule has 0 bridgehead atoms. The van der Waals surface area contributed by atoms with Crippen molar-refractivity contribution in [1.29, 1.82) is 0 Å². The van der Waals surface area contributed by atoms with Crippen molar-refractivity contribution in [3.05, 3.63) is 30.3 Å². The van der Waals surface area contributed by atoms with Crippen molar-refractivity contribution in [3.8, 4) is 11.5 Å². The van der Waals surface area contributed by atoms with E-state index in [9.17, 15) is 4.79 Å². The Kier molecular flexibility index (Phi) is 6.05. The zero-order valence-corrected chi connectivity index (χ0v) is 14.1. The van der Waals surface area contributed by atoms with Crippen LogP contribution in [-0.4, -0.2) is 13.1 Å². The molecule has 1 rings (SSSR count). The molecule has 0 aromatic heterocycles. The van der Waals surface area contributed by atoms with Crippen molar-refractivity contribution in [2.75, 3.05) is 7.11 Å². The number of carbonyl (C=O) groups excluding carboxylic acids is 1. The Morgan fingerprint density at radius 2 is 1.69 bits per heavy atom. The van der Waals surface area contributed by atoms with Crippen LogP contribution in [0.25, 0.3) is 0 Å². The first-order valence-corrected chi connectivity index (χ1v) is 7.06. The van der Waals surface area contributed by atoms with Gasteiger partial charge in [0.05, 0.1) is 9.60 Å². The van der Waals surface area contributed by atoms with Crippen LogP contribution in [0.15, 0.2) is 30.3 Å². The third kappa shape index (κ3) is 4.21. The fraction of sp³-hybridized carbons (Fsp3) is 0.100. The molecule has 0 fully saturated rings. The van der Waals surface area contributed by atoms with Gasteiger partial charge in [0.25, 0.3) is 0 Å². The largest absolute Gasteiger partial charge is 0.497 e. The molecule has 3 nitrogen and oxygen atoms in total. The second kappa shape index (κ2) is 6.80. The Morgan fingerprint density at radius 3 is 2.12 bits per heavy atom. The summed E-state index contributed by atoms with van der Waals surface area (Å²) in [4.78, 5) is 11.6. The van der Waals surface area contributed by atoms with E-state index in [1.807, 2.05) is 45.2 Å². The van der Waals surface area contributed by atoms with E-state index in [4.69, 9.17) is 9.47 Å². The van der Waals surface area contributed by atoms with E-state index in [1.165, 1.54) is 0 Å². The molecule has 0 spiro atoms. The average Bonchev–Trinajstić information content (AvgIpc) is 2.28. The first kappa shape index (κ1) is 14.2. The van der Waals surface area contributed by atoms with Gasteiger partial charge in [-0.2, -0.15) is 0 Å². The van der Waals surface area contributed by atoms with Crippen molar-refractivity contribution >= 4 is 67.1 Å². The van der Waals surface area contributed by atoms with E-state index in [0.29, 0.717) is 9.33 Å². The first-order valence-electron chi connectivity index (χ1n) is 4.11. The van der Waals surface area contributed by atoms with Crippen LogP contribution in [0.2, 0.25) is 0 Å². The summed E-state index contributed by atoms with van der Waals surface area (Å²) < 4.78 is 11.4. The summed E-state index contributed by atoms with van der Waals surface area (Å²) in [5.41, 5.74) is 0. The number of ether oxygens (including phenoxy) is 2. The number of halogens is 3. The molecule has 1 aromatic carbocycles. The van der Waals surface area contributed by atoms with Crippen LogP contribution in [0.1, 0.15) is 0 Å². The van der Waals surface area contributed by atoms with E-state index < -0.39 is 0 Å². The molecule has 0 aliphatic heterocycles. The van der Waals surface area contributed by atoms with Gasteiger partial charge in [0.2, 0.25) is 0 Å². The number of benzene rings is 1. The predicted octanol–water partition coefficient (Wildman–Crippen LogP) is 4.03. The minimum absolute atomic E-state index is 0.382. The maximum atomic E-state index is 11.6. The number of hydrogen-bond acceptors (Lipinski definition) is 3. The summed E-state index contributed by atoms with van der Waals surface area (Å²) in [7, 11) is 1.58. The lowest BCUT2D eigenvalue weighted by molar-refractivity contribution is -0.129. The quantitative estimate of drug-likeness (QED) is 0.268. The summed E-state index contributed by atoms with van der Waals surface area (Å²) >= 11 is 7.14. The molecule has 86 valence electrons. The highest BCUT2D eigenvalue weighted by Gasteiger charge is 2.11. The number of hydrogen-bond donors (Lipinski definition) is 0. The molecule has 0 atom stereocenters. The van der Waals surface area contributed by atoms with Gasteiger partial charge in [-0.15, -0.1) is 0 Å². The highest BCUT2D eigenvalue weighted by atomic mass is 127. The summed E-state index contributed by atoms with van der Waals surface area (Å²) in [6.45, 7) is 0. The summed E-state index contributed by atoms with van der Waals surface area (Å²) in [6.07, 6.45) is 0. The molecule has 6 heteroatoms. The Morgan fingerprint density at radius 1 is 1.19 bits per heavy atom. The van der Waals surface area contributed by atoms with Gasteiger partial charge in [-0.1, -0.05) is 0 Å². The highest BCUT2D eigenvalue weighted by molar-refractivity contribution is 14.1. The normalized spacial score (nSPS) is 11.8. The van der Waals surface area contributed by atoms with Gasteiger partial charge in [-0.25, -0.2) is 4.79 Å². The Balaban J connectivity index is 2.74. The zero-order chi connectivity index (χ0) is 12.1. The van der Waals surface area contributed by atoms with Gasteiger partial charge in [0, 0.05) is 0 Å². The van der Waals surface area contributed by atoms with Gasteiger partial charge in [-0.3, -0.25) is 0 Å². The molecule has 0 saturated heterocycles. The van der Waals surface area contributed by atoms with Crippen molar-refractivity contribution in [2.45, 2.75) is 0 Å². The topological polar surface area (TPSA) is 35.5 Å². The van der Waals surface area contributed by atoms with E-state index in [1.54, 1.807) is 31.4 Å². The molecule has 16 heavy (non-hydrogen) atoms. The van der Waals surface area contributed by atoms with Crippen LogP contribution in [0.4, 0.5) is 0 Å². The molecule has 0 aliphatic carbocycles. The van der Waals surface area contributed by atoms with Crippen LogP contribution in [0.5, 0.6) is 11.5 Å². The first-order chi connectivity index (χ1) is 7.54. The van der Waals surface area contributed by atoms with Crippen molar-refractivity contribution < 1.29 is 14.3 Å². The molecule has 0 heterocycles. The standard InChI is InChI=1S/C10H7BrI2O3/c1-15-6-2-4-7(5-3-6)16-10(14)8(12)9(11)13/h2-5H,1H3/b9-8+. The second-order valence-electron chi connectivity index (χ2n) is 2.64. The van der Waals surface area contributed by atoms with E-state index >= 15 is 0 Å². The Bertz CT molecular complexity index is 411. The number of methoxy groups -OCH3 is 1. The maximum Gasteiger partial charge on any atom is 0.351 e. The van der Waals surface area contributed by atoms with Crippen LogP contribution >= 0.6 is 61.1 Å². The number of esters is 1. The monoisotopic (exact) mass is 508 g/mol. The molecule has 0 amide bonds. The van der Waals surface area contributed by atoms with Crippen LogP contribution in [-0.2, 0) is 4.79 Å². The highest BCUT2D eigenvalue weighted by Crippen LogP contribution is 2.26. The van der Waals surface area contributed by atoms with Gasteiger partial charge >= 0.3 is 5.97 Å². The van der Waals surface area contributed by atoms with Crippen LogP contribution < -0.4 is 9.47 Å². The summed E-state index contributed by atoms with van der Waals surface area (Å²) in [5.74, 6) is 0.831. The van der Waals surface area contributed by atoms with Crippen molar-refractivity contribution in [2.24, 2.45) is 0 Å². The maximum absolute atomic E-state index is 11.6. The van der Waals surface area contributed by atoms with Crippen molar-refractivity contribution in [3.63, 3.8) is 0 Å². The smallest absolute Gasteiger partial charge is 0.351 e. The van der Waals surface area contributed by atoms with Gasteiger partial charge in [0.1, 0.15) is 15.1 Å². The molecule has 1 aromatic rings. The fourth-order valence-electron chi connectivity index (χ4n) is 0.873. The molecular formula is C10H7BrI2O3. The predicted molar refractivity (Wildman–Crippen MR) is 82.6 cm³/mol. The average molecular weight is 509 g/mol.